The zero-order valence-corrected chi connectivity index (χ0v) is 12.4. The Labute approximate surface area is 132 Å². The quantitative estimate of drug-likeness (QED) is 0.748. The Bertz CT molecular complexity index is 721. The van der Waals surface area contributed by atoms with Crippen LogP contribution in [-0.2, 0) is 16.1 Å². The van der Waals surface area contributed by atoms with E-state index in [2.05, 4.69) is 15.7 Å². The van der Waals surface area contributed by atoms with E-state index in [1.807, 2.05) is 0 Å². The van der Waals surface area contributed by atoms with Gasteiger partial charge in [-0.2, -0.15) is 5.10 Å². The monoisotopic (exact) mass is 316 g/mol. The number of carboxylic acid groups (broad SMARTS) is 1. The van der Waals surface area contributed by atoms with Crippen molar-refractivity contribution in [3.8, 4) is 0 Å². The average Bonchev–Trinajstić information content (AvgIpc) is 2.96. The maximum Gasteiger partial charge on any atom is 0.356 e. The Hall–Kier alpha value is -3.16. The number of hydrogen-bond acceptors (Lipinski definition) is 4. The van der Waals surface area contributed by atoms with Crippen molar-refractivity contribution in [1.82, 2.24) is 9.78 Å². The fourth-order valence-electron chi connectivity index (χ4n) is 1.88. The molecule has 0 unspecified atom stereocenters. The smallest absolute Gasteiger partial charge is 0.356 e. The van der Waals surface area contributed by atoms with E-state index in [9.17, 15) is 14.4 Å². The Balaban J connectivity index is 1.84. The lowest BCUT2D eigenvalue weighted by molar-refractivity contribution is -0.116. The highest BCUT2D eigenvalue weighted by molar-refractivity contribution is 5.92. The third-order valence-electron chi connectivity index (χ3n) is 2.92. The first-order valence-corrected chi connectivity index (χ1v) is 6.88. The zero-order chi connectivity index (χ0) is 16.8. The second kappa shape index (κ2) is 7.21. The van der Waals surface area contributed by atoms with E-state index in [1.165, 1.54) is 23.9 Å². The van der Waals surface area contributed by atoms with Crippen LogP contribution in [0.2, 0.25) is 0 Å². The number of anilines is 2. The Morgan fingerprint density at radius 1 is 1.09 bits per heavy atom. The van der Waals surface area contributed by atoms with Crippen LogP contribution < -0.4 is 10.6 Å². The first-order valence-electron chi connectivity index (χ1n) is 6.88. The third-order valence-corrected chi connectivity index (χ3v) is 2.92. The Kier molecular flexibility index (Phi) is 5.08. The van der Waals surface area contributed by atoms with Gasteiger partial charge in [0.25, 0.3) is 0 Å². The number of carbonyl (C=O) groups is 3. The van der Waals surface area contributed by atoms with Gasteiger partial charge >= 0.3 is 5.97 Å². The van der Waals surface area contributed by atoms with Gasteiger partial charge in [0, 0.05) is 37.5 Å². The van der Waals surface area contributed by atoms with Gasteiger partial charge in [-0.15, -0.1) is 0 Å². The molecule has 0 saturated carbocycles. The molecule has 8 heteroatoms. The van der Waals surface area contributed by atoms with Crippen LogP contribution in [0.4, 0.5) is 11.4 Å². The summed E-state index contributed by atoms with van der Waals surface area (Å²) in [5, 5.41) is 17.9. The maximum absolute atomic E-state index is 11.9. The molecule has 120 valence electrons. The van der Waals surface area contributed by atoms with Crippen molar-refractivity contribution >= 4 is 29.2 Å². The van der Waals surface area contributed by atoms with E-state index in [4.69, 9.17) is 5.11 Å². The van der Waals surface area contributed by atoms with Crippen LogP contribution in [-0.4, -0.2) is 32.7 Å². The summed E-state index contributed by atoms with van der Waals surface area (Å²) in [5.41, 5.74) is 1.20. The predicted molar refractivity (Wildman–Crippen MR) is 83.2 cm³/mol. The second-order valence-electron chi connectivity index (χ2n) is 4.83. The fourth-order valence-corrected chi connectivity index (χ4v) is 1.88. The van der Waals surface area contributed by atoms with Crippen molar-refractivity contribution in [3.63, 3.8) is 0 Å². The molecule has 1 aromatic carbocycles. The Morgan fingerprint density at radius 2 is 1.70 bits per heavy atom. The number of carbonyl (C=O) groups excluding carboxylic acids is 2. The molecule has 0 fully saturated rings. The van der Waals surface area contributed by atoms with Crippen LogP contribution in [0.15, 0.2) is 36.5 Å². The first kappa shape index (κ1) is 16.2. The molecular formula is C15H16N4O4. The van der Waals surface area contributed by atoms with E-state index < -0.39 is 5.97 Å². The zero-order valence-electron chi connectivity index (χ0n) is 12.4. The van der Waals surface area contributed by atoms with Crippen LogP contribution in [0.1, 0.15) is 23.8 Å². The van der Waals surface area contributed by atoms with Crippen LogP contribution >= 0.6 is 0 Å². The topological polar surface area (TPSA) is 113 Å². The molecule has 0 aliphatic heterocycles. The lowest BCUT2D eigenvalue weighted by Crippen LogP contribution is -2.15. The summed E-state index contributed by atoms with van der Waals surface area (Å²) < 4.78 is 1.41. The molecule has 3 N–H and O–H groups in total. The summed E-state index contributed by atoms with van der Waals surface area (Å²) in [4.78, 5) is 33.5. The van der Waals surface area contributed by atoms with Crippen LogP contribution in [0.3, 0.4) is 0 Å². The predicted octanol–water partition coefficient (Wildman–Crippen LogP) is 1.57. The van der Waals surface area contributed by atoms with Gasteiger partial charge in [0.2, 0.25) is 11.8 Å². The number of hydrogen-bond donors (Lipinski definition) is 3. The molecular weight excluding hydrogens is 300 g/mol. The minimum Gasteiger partial charge on any atom is -0.476 e. The summed E-state index contributed by atoms with van der Waals surface area (Å²) in [6, 6.07) is 8.10. The van der Waals surface area contributed by atoms with Crippen molar-refractivity contribution in [2.24, 2.45) is 0 Å². The molecule has 0 atom stereocenters. The van der Waals surface area contributed by atoms with E-state index in [1.54, 1.807) is 24.3 Å². The number of aryl methyl sites for hydroxylation is 1. The van der Waals surface area contributed by atoms with Gasteiger partial charge < -0.3 is 15.7 Å². The third kappa shape index (κ3) is 4.95. The second-order valence-corrected chi connectivity index (χ2v) is 4.83. The van der Waals surface area contributed by atoms with Gasteiger partial charge in [-0.3, -0.25) is 14.3 Å². The summed E-state index contributed by atoms with van der Waals surface area (Å²) in [6.45, 7) is 1.70. The molecule has 2 amide bonds. The molecule has 1 heterocycles. The van der Waals surface area contributed by atoms with Crippen molar-refractivity contribution in [1.29, 1.82) is 0 Å². The summed E-state index contributed by atoms with van der Waals surface area (Å²) in [5.74, 6) is -1.49. The minimum atomic E-state index is -1.10. The lowest BCUT2D eigenvalue weighted by atomic mass is 10.2. The fraction of sp³-hybridized carbons (Fsp3) is 0.200. The molecule has 0 bridgehead atoms. The highest BCUT2D eigenvalue weighted by atomic mass is 16.4. The van der Waals surface area contributed by atoms with Crippen molar-refractivity contribution in [3.05, 3.63) is 42.2 Å². The first-order chi connectivity index (χ1) is 10.9. The summed E-state index contributed by atoms with van der Waals surface area (Å²) >= 11 is 0. The minimum absolute atomic E-state index is 0.0565. The highest BCUT2D eigenvalue weighted by Gasteiger charge is 2.08. The molecule has 0 aliphatic carbocycles. The highest BCUT2D eigenvalue weighted by Crippen LogP contribution is 2.13. The molecule has 1 aromatic heterocycles. The number of nitrogens with zero attached hydrogens (tertiary/aromatic N) is 2. The van der Waals surface area contributed by atoms with Crippen molar-refractivity contribution < 1.29 is 19.5 Å². The van der Waals surface area contributed by atoms with E-state index in [0.29, 0.717) is 11.4 Å². The molecule has 23 heavy (non-hydrogen) atoms. The van der Waals surface area contributed by atoms with E-state index >= 15 is 0 Å². The summed E-state index contributed by atoms with van der Waals surface area (Å²) in [6.07, 6.45) is 1.67. The summed E-state index contributed by atoms with van der Waals surface area (Å²) in [7, 11) is 0. The maximum atomic E-state index is 11.9. The van der Waals surface area contributed by atoms with Crippen molar-refractivity contribution in [2.45, 2.75) is 19.9 Å². The SMILES string of the molecule is CC(=O)Nc1ccc(NC(=O)CCn2ccc(C(=O)O)n2)cc1. The number of carboxylic acids is 1. The molecule has 2 rings (SSSR count). The number of amides is 2. The van der Waals surface area contributed by atoms with Gasteiger partial charge in [0.15, 0.2) is 5.69 Å². The lowest BCUT2D eigenvalue weighted by Gasteiger charge is -2.07. The molecule has 0 radical (unpaired) electrons. The number of nitrogens with one attached hydrogen (secondary N) is 2. The van der Waals surface area contributed by atoms with Crippen LogP contribution in [0.25, 0.3) is 0 Å². The number of benzene rings is 1. The number of rotatable bonds is 6. The van der Waals surface area contributed by atoms with Gasteiger partial charge in [-0.1, -0.05) is 0 Å². The largest absolute Gasteiger partial charge is 0.476 e. The molecule has 0 aliphatic rings. The van der Waals surface area contributed by atoms with Gasteiger partial charge in [0.05, 0.1) is 0 Å². The number of aromatic carboxylic acids is 1. The normalized spacial score (nSPS) is 10.1. The standard InChI is InChI=1S/C15H16N4O4/c1-10(20)16-11-2-4-12(5-3-11)17-14(21)7-9-19-8-6-13(18-19)15(22)23/h2-6,8H,7,9H2,1H3,(H,16,20)(H,17,21)(H,22,23). The van der Waals surface area contributed by atoms with Gasteiger partial charge in [-0.25, -0.2) is 4.79 Å². The Morgan fingerprint density at radius 3 is 2.22 bits per heavy atom. The molecule has 8 nitrogen and oxygen atoms in total. The van der Waals surface area contributed by atoms with Crippen molar-refractivity contribution in [2.75, 3.05) is 10.6 Å². The average molecular weight is 316 g/mol. The van der Waals surface area contributed by atoms with E-state index in [0.717, 1.165) is 0 Å². The number of aromatic nitrogens is 2. The van der Waals surface area contributed by atoms with Crippen LogP contribution in [0.5, 0.6) is 0 Å². The van der Waals surface area contributed by atoms with Gasteiger partial charge in [-0.05, 0) is 30.3 Å². The van der Waals surface area contributed by atoms with E-state index in [-0.39, 0.29) is 30.5 Å². The molecule has 2 aromatic rings. The molecule has 0 saturated heterocycles. The van der Waals surface area contributed by atoms with Crippen LogP contribution in [0, 0.1) is 0 Å². The van der Waals surface area contributed by atoms with Gasteiger partial charge in [0.1, 0.15) is 0 Å². The molecule has 0 spiro atoms.